The van der Waals surface area contributed by atoms with E-state index in [2.05, 4.69) is 20.3 Å². The van der Waals surface area contributed by atoms with Gasteiger partial charge in [-0.3, -0.25) is 4.79 Å². The van der Waals surface area contributed by atoms with E-state index in [0.29, 0.717) is 22.3 Å². The molecule has 1 aromatic heterocycles. The third kappa shape index (κ3) is 4.79. The summed E-state index contributed by atoms with van der Waals surface area (Å²) in [5.74, 6) is 6.84. The molecule has 0 atom stereocenters. The quantitative estimate of drug-likeness (QED) is 0.443. The second kappa shape index (κ2) is 8.90. The molecule has 144 valence electrons. The van der Waals surface area contributed by atoms with E-state index in [1.54, 1.807) is 24.3 Å². The number of nitrogen functional groups attached to an aromatic ring is 1. The van der Waals surface area contributed by atoms with Gasteiger partial charge in [-0.25, -0.2) is 9.47 Å². The van der Waals surface area contributed by atoms with Crippen molar-refractivity contribution in [2.24, 2.45) is 0 Å². The van der Waals surface area contributed by atoms with E-state index in [0.717, 1.165) is 18.7 Å². The second-order valence-electron chi connectivity index (χ2n) is 6.45. The van der Waals surface area contributed by atoms with Gasteiger partial charge >= 0.3 is 5.97 Å². The minimum absolute atomic E-state index is 0.165. The first-order valence-corrected chi connectivity index (χ1v) is 9.88. The Hall–Kier alpha value is -2.55. The molecule has 3 N–H and O–H groups in total. The van der Waals surface area contributed by atoms with Crippen LogP contribution in [0.15, 0.2) is 29.4 Å². The molecular formula is C18H23N5O3S. The molecule has 1 aliphatic rings. The third-order valence-corrected chi connectivity index (χ3v) is 5.53. The van der Waals surface area contributed by atoms with Gasteiger partial charge in [-0.1, -0.05) is 31.0 Å². The standard InChI is InChI=1S/C18H23N5O3S/c1-26-17(25)13-7-9-14(10-8-13)20-15(24)11-27-18-22-21-16(23(18)19)12-5-3-2-4-6-12/h7-10,12H,2-6,11,19H2,1H3,(H,20,24). The SMILES string of the molecule is COC(=O)c1ccc(NC(=O)CSc2nnc(C3CCCCC3)n2N)cc1. The summed E-state index contributed by atoms with van der Waals surface area (Å²) in [4.78, 5) is 23.6. The van der Waals surface area contributed by atoms with E-state index in [4.69, 9.17) is 5.84 Å². The summed E-state index contributed by atoms with van der Waals surface area (Å²) in [6.45, 7) is 0. The van der Waals surface area contributed by atoms with Crippen LogP contribution in [0.3, 0.4) is 0 Å². The van der Waals surface area contributed by atoms with Crippen LogP contribution < -0.4 is 11.2 Å². The molecule has 3 rings (SSSR count). The lowest BCUT2D eigenvalue weighted by molar-refractivity contribution is -0.113. The molecule has 1 aromatic carbocycles. The molecule has 1 saturated carbocycles. The maximum absolute atomic E-state index is 12.2. The molecule has 1 heterocycles. The Kier molecular flexibility index (Phi) is 6.33. The van der Waals surface area contributed by atoms with Gasteiger partial charge < -0.3 is 15.9 Å². The summed E-state index contributed by atoms with van der Waals surface area (Å²) in [7, 11) is 1.32. The van der Waals surface area contributed by atoms with Crippen LogP contribution in [-0.2, 0) is 9.53 Å². The lowest BCUT2D eigenvalue weighted by atomic mass is 9.89. The number of carbonyl (C=O) groups is 2. The Balaban J connectivity index is 1.53. The zero-order chi connectivity index (χ0) is 19.2. The van der Waals surface area contributed by atoms with Crippen LogP contribution in [0.1, 0.15) is 54.2 Å². The number of nitrogens with zero attached hydrogens (tertiary/aromatic N) is 3. The van der Waals surface area contributed by atoms with Gasteiger partial charge in [0, 0.05) is 11.6 Å². The number of hydrogen-bond acceptors (Lipinski definition) is 7. The van der Waals surface area contributed by atoms with Crippen LogP contribution in [0, 0.1) is 0 Å². The average Bonchev–Trinajstić information content (AvgIpc) is 3.07. The van der Waals surface area contributed by atoms with Gasteiger partial charge in [0.05, 0.1) is 18.4 Å². The fourth-order valence-electron chi connectivity index (χ4n) is 3.16. The van der Waals surface area contributed by atoms with Gasteiger partial charge in [0.1, 0.15) is 0 Å². The number of nitrogens with one attached hydrogen (secondary N) is 1. The van der Waals surface area contributed by atoms with Gasteiger partial charge in [0.25, 0.3) is 0 Å². The molecule has 0 saturated heterocycles. The maximum atomic E-state index is 12.2. The maximum Gasteiger partial charge on any atom is 0.337 e. The summed E-state index contributed by atoms with van der Waals surface area (Å²) < 4.78 is 6.16. The Morgan fingerprint density at radius 1 is 1.22 bits per heavy atom. The molecule has 8 nitrogen and oxygen atoms in total. The van der Waals surface area contributed by atoms with Crippen molar-refractivity contribution < 1.29 is 14.3 Å². The number of ether oxygens (including phenoxy) is 1. The smallest absolute Gasteiger partial charge is 0.337 e. The van der Waals surface area contributed by atoms with Crippen LogP contribution in [0.25, 0.3) is 0 Å². The van der Waals surface area contributed by atoms with E-state index in [1.165, 1.54) is 42.8 Å². The molecule has 0 spiro atoms. The summed E-state index contributed by atoms with van der Waals surface area (Å²) >= 11 is 1.25. The monoisotopic (exact) mass is 389 g/mol. The van der Waals surface area contributed by atoms with Crippen molar-refractivity contribution in [1.82, 2.24) is 14.9 Å². The lowest BCUT2D eigenvalue weighted by Gasteiger charge is -2.20. The molecule has 1 fully saturated rings. The molecular weight excluding hydrogens is 366 g/mol. The molecule has 2 aromatic rings. The number of methoxy groups -OCH3 is 1. The van der Waals surface area contributed by atoms with E-state index >= 15 is 0 Å². The number of amides is 1. The van der Waals surface area contributed by atoms with E-state index in [9.17, 15) is 9.59 Å². The van der Waals surface area contributed by atoms with Crippen molar-refractivity contribution in [3.8, 4) is 0 Å². The average molecular weight is 389 g/mol. The summed E-state index contributed by atoms with van der Waals surface area (Å²) in [6.07, 6.45) is 5.82. The highest BCUT2D eigenvalue weighted by atomic mass is 32.2. The number of esters is 1. The fraction of sp³-hybridized carbons (Fsp3) is 0.444. The first kappa shape index (κ1) is 19.2. The summed E-state index contributed by atoms with van der Waals surface area (Å²) in [6, 6.07) is 6.51. The Bertz CT molecular complexity index is 800. The molecule has 0 unspecified atom stereocenters. The number of anilines is 1. The zero-order valence-electron chi connectivity index (χ0n) is 15.2. The zero-order valence-corrected chi connectivity index (χ0v) is 16.0. The highest BCUT2D eigenvalue weighted by Crippen LogP contribution is 2.32. The summed E-state index contributed by atoms with van der Waals surface area (Å²) in [5, 5.41) is 11.7. The molecule has 1 aliphatic carbocycles. The number of carbonyl (C=O) groups excluding carboxylic acids is 2. The second-order valence-corrected chi connectivity index (χ2v) is 7.39. The topological polar surface area (TPSA) is 112 Å². The number of aromatic nitrogens is 3. The van der Waals surface area contributed by atoms with Crippen molar-refractivity contribution in [2.45, 2.75) is 43.2 Å². The third-order valence-electron chi connectivity index (χ3n) is 4.58. The van der Waals surface area contributed by atoms with Crippen LogP contribution in [0.5, 0.6) is 0 Å². The number of benzene rings is 1. The van der Waals surface area contributed by atoms with Gasteiger partial charge in [0.15, 0.2) is 5.82 Å². The highest BCUT2D eigenvalue weighted by molar-refractivity contribution is 7.99. The molecule has 0 aliphatic heterocycles. The Labute approximate surface area is 161 Å². The van der Waals surface area contributed by atoms with Crippen molar-refractivity contribution in [3.63, 3.8) is 0 Å². The van der Waals surface area contributed by atoms with Crippen LogP contribution in [-0.4, -0.2) is 39.6 Å². The van der Waals surface area contributed by atoms with E-state index < -0.39 is 5.97 Å². The van der Waals surface area contributed by atoms with Crippen molar-refractivity contribution >= 4 is 29.3 Å². The summed E-state index contributed by atoms with van der Waals surface area (Å²) in [5.41, 5.74) is 1.03. The van der Waals surface area contributed by atoms with E-state index in [-0.39, 0.29) is 11.7 Å². The van der Waals surface area contributed by atoms with Gasteiger partial charge in [0.2, 0.25) is 11.1 Å². The predicted octanol–water partition coefficient (Wildman–Crippen LogP) is 2.56. The highest BCUT2D eigenvalue weighted by Gasteiger charge is 2.22. The fourth-order valence-corrected chi connectivity index (χ4v) is 3.82. The first-order valence-electron chi connectivity index (χ1n) is 8.90. The number of hydrogen-bond donors (Lipinski definition) is 2. The van der Waals surface area contributed by atoms with Gasteiger partial charge in [-0.2, -0.15) is 0 Å². The van der Waals surface area contributed by atoms with Crippen LogP contribution in [0.4, 0.5) is 5.69 Å². The van der Waals surface area contributed by atoms with Gasteiger partial charge in [-0.05, 0) is 37.1 Å². The van der Waals surface area contributed by atoms with Crippen molar-refractivity contribution in [2.75, 3.05) is 24.0 Å². The molecule has 0 bridgehead atoms. The molecule has 9 heteroatoms. The van der Waals surface area contributed by atoms with Crippen molar-refractivity contribution in [3.05, 3.63) is 35.7 Å². The normalized spacial score (nSPS) is 14.7. The lowest BCUT2D eigenvalue weighted by Crippen LogP contribution is -2.19. The Morgan fingerprint density at radius 3 is 2.59 bits per heavy atom. The minimum atomic E-state index is -0.417. The number of rotatable bonds is 6. The molecule has 1 amide bonds. The number of thioether (sulfide) groups is 1. The molecule has 27 heavy (non-hydrogen) atoms. The van der Waals surface area contributed by atoms with Crippen LogP contribution >= 0.6 is 11.8 Å². The van der Waals surface area contributed by atoms with Gasteiger partial charge in [-0.15, -0.1) is 10.2 Å². The Morgan fingerprint density at radius 2 is 1.93 bits per heavy atom. The van der Waals surface area contributed by atoms with Crippen molar-refractivity contribution in [1.29, 1.82) is 0 Å². The largest absolute Gasteiger partial charge is 0.465 e. The number of nitrogens with two attached hydrogens (primary N) is 1. The van der Waals surface area contributed by atoms with Crippen LogP contribution in [0.2, 0.25) is 0 Å². The predicted molar refractivity (Wildman–Crippen MR) is 103 cm³/mol. The van der Waals surface area contributed by atoms with E-state index in [1.807, 2.05) is 0 Å². The molecule has 0 radical (unpaired) electrons. The minimum Gasteiger partial charge on any atom is -0.465 e. The first-order chi connectivity index (χ1) is 13.1.